The van der Waals surface area contributed by atoms with Gasteiger partial charge in [-0.3, -0.25) is 0 Å². The number of hydrogen-bond donors (Lipinski definition) is 1. The lowest BCUT2D eigenvalue weighted by Crippen LogP contribution is -2.41. The number of hydrogen-bond acceptors (Lipinski definition) is 4. The summed E-state index contributed by atoms with van der Waals surface area (Å²) in [6, 6.07) is 11.7. The Balaban J connectivity index is 1.70. The van der Waals surface area contributed by atoms with Crippen LogP contribution in [0.2, 0.25) is 0 Å². The molecule has 0 fully saturated rings. The highest BCUT2D eigenvalue weighted by Crippen LogP contribution is 2.33. The zero-order valence-corrected chi connectivity index (χ0v) is 19.5. The SMILES string of the molecule is CCCC(C)(Oc1ccc(OCc2cc(-c3ccc(C(F)(F)F)cc3)oc2C)cc1C)C(=O)O. The van der Waals surface area contributed by atoms with Crippen LogP contribution in [0.15, 0.2) is 52.9 Å². The van der Waals surface area contributed by atoms with Crippen LogP contribution in [0.1, 0.15) is 49.1 Å². The lowest BCUT2D eigenvalue weighted by molar-refractivity contribution is -0.154. The summed E-state index contributed by atoms with van der Waals surface area (Å²) in [5.41, 5.74) is -0.00739. The van der Waals surface area contributed by atoms with Crippen molar-refractivity contribution in [3.8, 4) is 22.8 Å². The third-order valence-electron chi connectivity index (χ3n) is 5.57. The Kier molecular flexibility index (Phi) is 7.29. The van der Waals surface area contributed by atoms with Crippen molar-refractivity contribution in [2.45, 2.75) is 58.9 Å². The van der Waals surface area contributed by atoms with E-state index in [-0.39, 0.29) is 6.61 Å². The van der Waals surface area contributed by atoms with Gasteiger partial charge in [0.05, 0.1) is 5.56 Å². The summed E-state index contributed by atoms with van der Waals surface area (Å²) in [4.78, 5) is 11.6. The number of ether oxygens (including phenoxy) is 2. The minimum Gasteiger partial charge on any atom is -0.489 e. The van der Waals surface area contributed by atoms with Crippen LogP contribution in [-0.2, 0) is 17.6 Å². The van der Waals surface area contributed by atoms with E-state index in [9.17, 15) is 23.1 Å². The Bertz CT molecular complexity index is 1150. The van der Waals surface area contributed by atoms with E-state index in [0.29, 0.717) is 41.4 Å². The molecule has 5 nitrogen and oxygen atoms in total. The fourth-order valence-corrected chi connectivity index (χ4v) is 3.54. The van der Waals surface area contributed by atoms with Gasteiger partial charge in [-0.2, -0.15) is 13.2 Å². The number of halogens is 3. The van der Waals surface area contributed by atoms with E-state index in [2.05, 4.69) is 0 Å². The van der Waals surface area contributed by atoms with Gasteiger partial charge in [0.15, 0.2) is 0 Å². The molecule has 1 atom stereocenters. The number of rotatable bonds is 9. The van der Waals surface area contributed by atoms with Gasteiger partial charge in [-0.15, -0.1) is 0 Å². The maximum atomic E-state index is 12.8. The molecule has 1 aromatic heterocycles. The maximum absolute atomic E-state index is 12.8. The number of carboxylic acids is 1. The summed E-state index contributed by atoms with van der Waals surface area (Å²) in [6.45, 7) is 7.21. The fraction of sp³-hybridized carbons (Fsp3) is 0.346. The van der Waals surface area contributed by atoms with Gasteiger partial charge in [-0.25, -0.2) is 4.79 Å². The monoisotopic (exact) mass is 476 g/mol. The zero-order chi connectivity index (χ0) is 25.1. The molecule has 182 valence electrons. The van der Waals surface area contributed by atoms with Gasteiger partial charge in [0.2, 0.25) is 5.60 Å². The van der Waals surface area contributed by atoms with Crippen LogP contribution in [-0.4, -0.2) is 16.7 Å². The first-order valence-corrected chi connectivity index (χ1v) is 10.9. The molecule has 0 radical (unpaired) electrons. The quantitative estimate of drug-likeness (QED) is 0.354. The van der Waals surface area contributed by atoms with E-state index in [1.807, 2.05) is 13.8 Å². The molecule has 0 amide bonds. The van der Waals surface area contributed by atoms with Crippen molar-refractivity contribution in [1.29, 1.82) is 0 Å². The molecule has 2 aromatic carbocycles. The van der Waals surface area contributed by atoms with Crippen LogP contribution in [0.5, 0.6) is 11.5 Å². The van der Waals surface area contributed by atoms with Gasteiger partial charge in [-0.05, 0) is 69.2 Å². The molecule has 1 heterocycles. The Morgan fingerprint density at radius 1 is 1.06 bits per heavy atom. The highest BCUT2D eigenvalue weighted by Gasteiger charge is 2.35. The number of carbonyl (C=O) groups is 1. The molecule has 0 saturated heterocycles. The van der Waals surface area contributed by atoms with Crippen LogP contribution in [0.4, 0.5) is 13.2 Å². The van der Waals surface area contributed by atoms with Gasteiger partial charge in [-0.1, -0.05) is 25.5 Å². The first-order chi connectivity index (χ1) is 15.9. The number of furan rings is 1. The second-order valence-electron chi connectivity index (χ2n) is 8.37. The number of carboxylic acid groups (broad SMARTS) is 1. The summed E-state index contributed by atoms with van der Waals surface area (Å²) in [6.07, 6.45) is -3.35. The van der Waals surface area contributed by atoms with Crippen molar-refractivity contribution >= 4 is 5.97 Å². The molecule has 0 aliphatic rings. The lowest BCUT2D eigenvalue weighted by Gasteiger charge is -2.27. The van der Waals surface area contributed by atoms with Crippen LogP contribution >= 0.6 is 0 Å². The summed E-state index contributed by atoms with van der Waals surface area (Å²) in [5, 5.41) is 9.53. The molecular formula is C26H27F3O5. The van der Waals surface area contributed by atoms with Crippen LogP contribution in [0.25, 0.3) is 11.3 Å². The van der Waals surface area contributed by atoms with Crippen molar-refractivity contribution in [2.24, 2.45) is 0 Å². The topological polar surface area (TPSA) is 68.9 Å². The van der Waals surface area contributed by atoms with Crippen LogP contribution in [0, 0.1) is 13.8 Å². The van der Waals surface area contributed by atoms with Gasteiger partial charge in [0.25, 0.3) is 0 Å². The van der Waals surface area contributed by atoms with E-state index in [4.69, 9.17) is 13.9 Å². The average molecular weight is 476 g/mol. The highest BCUT2D eigenvalue weighted by molar-refractivity contribution is 5.77. The normalized spacial score (nSPS) is 13.4. The Hall–Kier alpha value is -3.42. The zero-order valence-electron chi connectivity index (χ0n) is 19.5. The molecule has 3 aromatic rings. The molecule has 8 heteroatoms. The van der Waals surface area contributed by atoms with E-state index >= 15 is 0 Å². The molecular weight excluding hydrogens is 449 g/mol. The second-order valence-corrected chi connectivity index (χ2v) is 8.37. The minimum absolute atomic E-state index is 0.193. The Labute approximate surface area is 196 Å². The van der Waals surface area contributed by atoms with Crippen molar-refractivity contribution < 1.29 is 37.0 Å². The molecule has 0 spiro atoms. The van der Waals surface area contributed by atoms with Crippen LogP contribution < -0.4 is 9.47 Å². The number of aliphatic carboxylic acids is 1. The minimum atomic E-state index is -4.39. The molecule has 34 heavy (non-hydrogen) atoms. The van der Waals surface area contributed by atoms with E-state index in [0.717, 1.165) is 23.3 Å². The third kappa shape index (κ3) is 5.73. The molecule has 0 aliphatic carbocycles. The first kappa shape index (κ1) is 25.2. The Morgan fingerprint density at radius 2 is 1.74 bits per heavy atom. The van der Waals surface area contributed by atoms with E-state index in [1.165, 1.54) is 12.1 Å². The predicted octanol–water partition coefficient (Wildman–Crippen LogP) is 7.18. The molecule has 0 aliphatic heterocycles. The number of alkyl halides is 3. The molecule has 0 saturated carbocycles. The summed E-state index contributed by atoms with van der Waals surface area (Å²) < 4.78 is 55.7. The van der Waals surface area contributed by atoms with Crippen molar-refractivity contribution in [3.63, 3.8) is 0 Å². The lowest BCUT2D eigenvalue weighted by atomic mass is 10.0. The summed E-state index contributed by atoms with van der Waals surface area (Å²) in [7, 11) is 0. The number of benzene rings is 2. The van der Waals surface area contributed by atoms with Crippen molar-refractivity contribution in [3.05, 3.63) is 71.0 Å². The smallest absolute Gasteiger partial charge is 0.416 e. The third-order valence-corrected chi connectivity index (χ3v) is 5.57. The molecule has 1 unspecified atom stereocenters. The highest BCUT2D eigenvalue weighted by atomic mass is 19.4. The molecule has 1 N–H and O–H groups in total. The predicted molar refractivity (Wildman–Crippen MR) is 121 cm³/mol. The van der Waals surface area contributed by atoms with Crippen molar-refractivity contribution in [1.82, 2.24) is 0 Å². The van der Waals surface area contributed by atoms with Crippen molar-refractivity contribution in [2.75, 3.05) is 0 Å². The fourth-order valence-electron chi connectivity index (χ4n) is 3.54. The second kappa shape index (κ2) is 9.83. The average Bonchev–Trinajstić information content (AvgIpc) is 3.14. The van der Waals surface area contributed by atoms with Gasteiger partial charge in [0, 0.05) is 11.1 Å². The van der Waals surface area contributed by atoms with Crippen LogP contribution in [0.3, 0.4) is 0 Å². The molecule has 3 rings (SSSR count). The largest absolute Gasteiger partial charge is 0.489 e. The molecule has 0 bridgehead atoms. The summed E-state index contributed by atoms with van der Waals surface area (Å²) >= 11 is 0. The van der Waals surface area contributed by atoms with Gasteiger partial charge >= 0.3 is 12.1 Å². The Morgan fingerprint density at radius 3 is 2.29 bits per heavy atom. The first-order valence-electron chi connectivity index (χ1n) is 10.9. The maximum Gasteiger partial charge on any atom is 0.416 e. The standard InChI is InChI=1S/C26H27F3O5/c1-5-12-25(4,24(30)31)34-22-11-10-21(13-16(22)2)32-15-19-14-23(33-17(19)3)18-6-8-20(9-7-18)26(27,28)29/h6-11,13-14H,5,12,15H2,1-4H3,(H,30,31). The van der Waals surface area contributed by atoms with Gasteiger partial charge in [0.1, 0.15) is 29.6 Å². The number of aryl methyl sites for hydroxylation is 2. The summed E-state index contributed by atoms with van der Waals surface area (Å²) in [5.74, 6) is 1.06. The van der Waals surface area contributed by atoms with Gasteiger partial charge < -0.3 is 19.0 Å². The van der Waals surface area contributed by atoms with E-state index < -0.39 is 23.3 Å². The van der Waals surface area contributed by atoms with E-state index in [1.54, 1.807) is 38.1 Å².